The molecule has 0 fully saturated rings. The molecule has 0 aliphatic carbocycles. The van der Waals surface area contributed by atoms with Crippen molar-refractivity contribution in [2.24, 2.45) is 5.92 Å². The van der Waals surface area contributed by atoms with Crippen molar-refractivity contribution in [2.75, 3.05) is 13.7 Å². The van der Waals surface area contributed by atoms with E-state index in [-0.39, 0.29) is 35.9 Å². The molecule has 3 nitrogen and oxygen atoms in total. The van der Waals surface area contributed by atoms with Crippen LogP contribution in [0.25, 0.3) is 5.76 Å². The van der Waals surface area contributed by atoms with E-state index in [0.717, 1.165) is 16.7 Å². The molecule has 0 spiro atoms. The van der Waals surface area contributed by atoms with E-state index in [2.05, 4.69) is 53.7 Å². The van der Waals surface area contributed by atoms with Gasteiger partial charge in [-0.2, -0.15) is 0 Å². The molecule has 0 heterocycles. The monoisotopic (exact) mass is 360 g/mol. The van der Waals surface area contributed by atoms with Crippen molar-refractivity contribution in [3.05, 3.63) is 40.0 Å². The van der Waals surface area contributed by atoms with Gasteiger partial charge in [-0.1, -0.05) is 67.5 Å². The third-order valence-electron chi connectivity index (χ3n) is 4.77. The molecule has 0 saturated heterocycles. The third-order valence-corrected chi connectivity index (χ3v) is 4.77. The van der Waals surface area contributed by atoms with E-state index < -0.39 is 0 Å². The lowest BCUT2D eigenvalue weighted by atomic mass is 9.82. The molecule has 0 bridgehead atoms. The van der Waals surface area contributed by atoms with Crippen molar-refractivity contribution in [1.82, 2.24) is 0 Å². The van der Waals surface area contributed by atoms with Crippen molar-refractivity contribution >= 4 is 11.5 Å². The van der Waals surface area contributed by atoms with Crippen LogP contribution in [0.3, 0.4) is 0 Å². The standard InChI is InChI=1S/C23H36O3/c1-13(2)17-10-18(14(3)4)21(19(11-17)15(5)6)23(25)20(12-26-9)22(24)16(7)8/h10-11,13-16,25H,12H2,1-9H3/b23-20-. The van der Waals surface area contributed by atoms with Gasteiger partial charge in [0.15, 0.2) is 5.78 Å². The summed E-state index contributed by atoms with van der Waals surface area (Å²) in [5.74, 6) is 0.695. The Morgan fingerprint density at radius 1 is 0.923 bits per heavy atom. The molecule has 0 amide bonds. The number of methoxy groups -OCH3 is 1. The lowest BCUT2D eigenvalue weighted by molar-refractivity contribution is -0.118. The lowest BCUT2D eigenvalue weighted by Gasteiger charge is -2.24. The molecule has 1 aromatic carbocycles. The summed E-state index contributed by atoms with van der Waals surface area (Å²) in [7, 11) is 1.55. The van der Waals surface area contributed by atoms with Gasteiger partial charge in [0.25, 0.3) is 0 Å². The molecule has 0 unspecified atom stereocenters. The Hall–Kier alpha value is -1.61. The largest absolute Gasteiger partial charge is 0.507 e. The van der Waals surface area contributed by atoms with Crippen LogP contribution in [-0.4, -0.2) is 24.6 Å². The van der Waals surface area contributed by atoms with Crippen LogP contribution < -0.4 is 0 Å². The summed E-state index contributed by atoms with van der Waals surface area (Å²) in [4.78, 5) is 12.7. The van der Waals surface area contributed by atoms with Crippen LogP contribution >= 0.6 is 0 Å². The number of aliphatic hydroxyl groups excluding tert-OH is 1. The zero-order valence-corrected chi connectivity index (χ0v) is 17.9. The van der Waals surface area contributed by atoms with Gasteiger partial charge in [0.2, 0.25) is 0 Å². The van der Waals surface area contributed by atoms with Gasteiger partial charge in [-0.3, -0.25) is 4.79 Å². The molecule has 1 rings (SSSR count). The average Bonchev–Trinajstić information content (AvgIpc) is 2.56. The van der Waals surface area contributed by atoms with Crippen LogP contribution in [0, 0.1) is 5.92 Å². The number of carbonyl (C=O) groups is 1. The molecular weight excluding hydrogens is 324 g/mol. The predicted molar refractivity (Wildman–Crippen MR) is 110 cm³/mol. The highest BCUT2D eigenvalue weighted by molar-refractivity contribution is 6.03. The fraction of sp³-hybridized carbons (Fsp3) is 0.609. The Kier molecular flexibility index (Phi) is 8.08. The summed E-state index contributed by atoms with van der Waals surface area (Å²) in [5, 5.41) is 11.2. The molecule has 0 aromatic heterocycles. The van der Waals surface area contributed by atoms with E-state index in [0.29, 0.717) is 11.5 Å². The second kappa shape index (κ2) is 9.36. The van der Waals surface area contributed by atoms with Gasteiger partial charge in [0.1, 0.15) is 5.76 Å². The number of carbonyl (C=O) groups excluding carboxylic acids is 1. The predicted octanol–water partition coefficient (Wildman–Crippen LogP) is 6.20. The minimum atomic E-state index is -0.192. The maximum absolute atomic E-state index is 12.7. The summed E-state index contributed by atoms with van der Waals surface area (Å²) >= 11 is 0. The van der Waals surface area contributed by atoms with Gasteiger partial charge in [-0.15, -0.1) is 0 Å². The molecule has 1 aromatic rings. The summed E-state index contributed by atoms with van der Waals surface area (Å²) in [6.45, 7) is 16.7. The first-order valence-corrected chi connectivity index (χ1v) is 9.66. The zero-order valence-electron chi connectivity index (χ0n) is 17.9. The van der Waals surface area contributed by atoms with Crippen LogP contribution in [0.5, 0.6) is 0 Å². The maximum Gasteiger partial charge on any atom is 0.167 e. The smallest absolute Gasteiger partial charge is 0.167 e. The maximum atomic E-state index is 12.7. The summed E-state index contributed by atoms with van der Waals surface area (Å²) in [6, 6.07) is 4.36. The van der Waals surface area contributed by atoms with Crippen molar-refractivity contribution in [3.8, 4) is 0 Å². The summed E-state index contributed by atoms with van der Waals surface area (Å²) < 4.78 is 5.24. The SMILES string of the molecule is COC/C(C(=O)C(C)C)=C(/O)c1c(C(C)C)cc(C(C)C)cc1C(C)C. The van der Waals surface area contributed by atoms with E-state index in [4.69, 9.17) is 4.74 Å². The molecule has 3 heteroatoms. The van der Waals surface area contributed by atoms with Crippen molar-refractivity contribution < 1.29 is 14.6 Å². The van der Waals surface area contributed by atoms with E-state index in [9.17, 15) is 9.90 Å². The van der Waals surface area contributed by atoms with E-state index >= 15 is 0 Å². The van der Waals surface area contributed by atoms with Crippen LogP contribution in [-0.2, 0) is 9.53 Å². The van der Waals surface area contributed by atoms with Gasteiger partial charge in [-0.25, -0.2) is 0 Å². The normalized spacial score (nSPS) is 13.1. The highest BCUT2D eigenvalue weighted by Crippen LogP contribution is 2.36. The number of rotatable bonds is 8. The fourth-order valence-electron chi connectivity index (χ4n) is 3.13. The topological polar surface area (TPSA) is 46.5 Å². The first kappa shape index (κ1) is 22.4. The zero-order chi connectivity index (χ0) is 20.2. The van der Waals surface area contributed by atoms with Crippen LogP contribution in [0.1, 0.15) is 95.4 Å². The number of Topliss-reactive ketones (excluding diaryl/α,β-unsaturated/α-hetero) is 1. The summed E-state index contributed by atoms with van der Waals surface area (Å²) in [5.41, 5.74) is 4.60. The molecule has 0 saturated carbocycles. The second-order valence-electron chi connectivity index (χ2n) is 8.32. The molecule has 1 N–H and O–H groups in total. The molecule has 0 atom stereocenters. The first-order chi connectivity index (χ1) is 12.0. The molecular formula is C23H36O3. The summed E-state index contributed by atoms with van der Waals surface area (Å²) in [6.07, 6.45) is 0. The minimum Gasteiger partial charge on any atom is -0.507 e. The van der Waals surface area contributed by atoms with E-state index in [1.54, 1.807) is 7.11 Å². The molecule has 0 radical (unpaired) electrons. The number of hydrogen-bond donors (Lipinski definition) is 1. The van der Waals surface area contributed by atoms with Gasteiger partial charge in [0, 0.05) is 18.6 Å². The Morgan fingerprint density at radius 2 is 1.38 bits per heavy atom. The van der Waals surface area contributed by atoms with Crippen LogP contribution in [0.15, 0.2) is 17.7 Å². The molecule has 146 valence electrons. The number of ketones is 1. The first-order valence-electron chi connectivity index (χ1n) is 9.66. The Bertz CT molecular complexity index is 635. The van der Waals surface area contributed by atoms with E-state index in [1.165, 1.54) is 5.56 Å². The highest BCUT2D eigenvalue weighted by atomic mass is 16.5. The van der Waals surface area contributed by atoms with Crippen molar-refractivity contribution in [2.45, 2.75) is 73.1 Å². The number of ether oxygens (including phenoxy) is 1. The second-order valence-corrected chi connectivity index (χ2v) is 8.32. The quantitative estimate of drug-likeness (QED) is 0.443. The van der Waals surface area contributed by atoms with Crippen LogP contribution in [0.2, 0.25) is 0 Å². The van der Waals surface area contributed by atoms with Gasteiger partial charge >= 0.3 is 0 Å². The lowest BCUT2D eigenvalue weighted by Crippen LogP contribution is -2.18. The van der Waals surface area contributed by atoms with Crippen molar-refractivity contribution in [1.29, 1.82) is 0 Å². The minimum absolute atomic E-state index is 0.0679. The van der Waals surface area contributed by atoms with Gasteiger partial charge in [-0.05, 0) is 34.4 Å². The van der Waals surface area contributed by atoms with Crippen LogP contribution in [0.4, 0.5) is 0 Å². The van der Waals surface area contributed by atoms with Gasteiger partial charge < -0.3 is 9.84 Å². The third kappa shape index (κ3) is 4.97. The van der Waals surface area contributed by atoms with E-state index in [1.807, 2.05) is 13.8 Å². The molecule has 0 aliphatic heterocycles. The number of benzene rings is 1. The highest BCUT2D eigenvalue weighted by Gasteiger charge is 2.25. The average molecular weight is 361 g/mol. The fourth-order valence-corrected chi connectivity index (χ4v) is 3.13. The Morgan fingerprint density at radius 3 is 1.69 bits per heavy atom. The number of aliphatic hydroxyl groups is 1. The Labute approximate surface area is 159 Å². The van der Waals surface area contributed by atoms with Crippen molar-refractivity contribution in [3.63, 3.8) is 0 Å². The molecule has 26 heavy (non-hydrogen) atoms. The Balaban J connectivity index is 3.86. The number of hydrogen-bond acceptors (Lipinski definition) is 3. The molecule has 0 aliphatic rings. The van der Waals surface area contributed by atoms with Gasteiger partial charge in [0.05, 0.1) is 12.2 Å².